The summed E-state index contributed by atoms with van der Waals surface area (Å²) in [6.07, 6.45) is 2.10. The Morgan fingerprint density at radius 1 is 0.975 bits per heavy atom. The summed E-state index contributed by atoms with van der Waals surface area (Å²) in [5.41, 5.74) is 1.97. The van der Waals surface area contributed by atoms with Crippen molar-refractivity contribution in [2.75, 3.05) is 26.9 Å². The maximum absolute atomic E-state index is 13.8. The Balaban J connectivity index is 1.87. The first-order valence-electron chi connectivity index (χ1n) is 13.8. The van der Waals surface area contributed by atoms with Crippen LogP contribution in [0.4, 0.5) is 4.79 Å². The number of methoxy groups -OCH3 is 1. The van der Waals surface area contributed by atoms with Gasteiger partial charge < -0.3 is 18.9 Å². The summed E-state index contributed by atoms with van der Waals surface area (Å²) in [4.78, 5) is 53.8. The molecule has 1 aliphatic rings. The predicted molar refractivity (Wildman–Crippen MR) is 148 cm³/mol. The van der Waals surface area contributed by atoms with Crippen molar-refractivity contribution in [3.63, 3.8) is 0 Å². The van der Waals surface area contributed by atoms with Gasteiger partial charge in [0.25, 0.3) is 0 Å². The smallest absolute Gasteiger partial charge is 0.410 e. The Morgan fingerprint density at radius 3 is 2.38 bits per heavy atom. The zero-order chi connectivity index (χ0) is 29.1. The Bertz CT molecular complexity index is 1170. The quantitative estimate of drug-likeness (QED) is 0.145. The lowest BCUT2D eigenvalue weighted by atomic mass is 9.82. The zero-order valence-corrected chi connectivity index (χ0v) is 23.7. The average Bonchev–Trinajstić information content (AvgIpc) is 3.34. The molecule has 9 heteroatoms. The molecule has 2 aromatic carbocycles. The molecule has 2 aromatic rings. The Labute approximate surface area is 235 Å². The highest BCUT2D eigenvalue weighted by Gasteiger charge is 2.52. The number of rotatable bonds is 13. The minimum Gasteiger partial charge on any atom is -0.493 e. The molecule has 1 amide bonds. The number of hydrogen-bond donors (Lipinski definition) is 0. The van der Waals surface area contributed by atoms with E-state index in [9.17, 15) is 19.2 Å². The summed E-state index contributed by atoms with van der Waals surface area (Å²) >= 11 is 0. The lowest BCUT2D eigenvalue weighted by Gasteiger charge is -2.25. The van der Waals surface area contributed by atoms with Crippen molar-refractivity contribution in [2.24, 2.45) is 11.8 Å². The molecule has 0 bridgehead atoms. The van der Waals surface area contributed by atoms with Crippen molar-refractivity contribution in [1.29, 1.82) is 0 Å². The number of ketones is 1. The second-order valence-electron chi connectivity index (χ2n) is 9.84. The fourth-order valence-corrected chi connectivity index (χ4v) is 4.95. The van der Waals surface area contributed by atoms with Gasteiger partial charge in [-0.2, -0.15) is 0 Å². The van der Waals surface area contributed by atoms with Crippen LogP contribution in [0, 0.1) is 18.8 Å². The monoisotopic (exact) mass is 553 g/mol. The maximum atomic E-state index is 13.8. The number of amides is 1. The van der Waals surface area contributed by atoms with E-state index >= 15 is 0 Å². The Morgan fingerprint density at radius 2 is 1.73 bits per heavy atom. The fraction of sp³-hybridized carbons (Fsp3) is 0.484. The molecule has 1 aliphatic heterocycles. The van der Waals surface area contributed by atoms with E-state index in [2.05, 4.69) is 6.92 Å². The van der Waals surface area contributed by atoms with E-state index in [0.717, 1.165) is 30.4 Å². The van der Waals surface area contributed by atoms with Crippen LogP contribution in [0.15, 0.2) is 48.5 Å². The van der Waals surface area contributed by atoms with E-state index < -0.39 is 35.9 Å². The van der Waals surface area contributed by atoms with Gasteiger partial charge in [0.2, 0.25) is 0 Å². The second-order valence-corrected chi connectivity index (χ2v) is 9.84. The topological polar surface area (TPSA) is 108 Å². The molecular formula is C31H39NO8. The first-order chi connectivity index (χ1) is 19.3. The first-order valence-corrected chi connectivity index (χ1v) is 13.8. The molecule has 0 aliphatic carbocycles. The van der Waals surface area contributed by atoms with Crippen LogP contribution in [0.1, 0.15) is 61.0 Å². The van der Waals surface area contributed by atoms with Crippen LogP contribution in [-0.4, -0.2) is 61.6 Å². The van der Waals surface area contributed by atoms with Crippen LogP contribution in [-0.2, 0) is 30.4 Å². The molecule has 3 atom stereocenters. The molecule has 1 saturated heterocycles. The Kier molecular flexibility index (Phi) is 11.5. The molecule has 0 unspecified atom stereocenters. The van der Waals surface area contributed by atoms with E-state index in [4.69, 9.17) is 18.9 Å². The molecule has 0 aromatic heterocycles. The molecule has 0 saturated carbocycles. The van der Waals surface area contributed by atoms with Crippen LogP contribution in [0.5, 0.6) is 5.75 Å². The number of hydrogen-bond acceptors (Lipinski definition) is 8. The third-order valence-electron chi connectivity index (χ3n) is 7.05. The molecule has 0 N–H and O–H groups in total. The number of carbonyl (C=O) groups excluding carboxylic acids is 4. The molecule has 40 heavy (non-hydrogen) atoms. The molecule has 3 rings (SSSR count). The van der Waals surface area contributed by atoms with Gasteiger partial charge in [0.1, 0.15) is 18.4 Å². The largest absolute Gasteiger partial charge is 0.493 e. The minimum atomic E-state index is -1.18. The van der Waals surface area contributed by atoms with Crippen molar-refractivity contribution in [1.82, 2.24) is 4.90 Å². The van der Waals surface area contributed by atoms with Gasteiger partial charge in [0.05, 0.1) is 26.7 Å². The van der Waals surface area contributed by atoms with E-state index in [0.29, 0.717) is 17.9 Å². The van der Waals surface area contributed by atoms with Gasteiger partial charge in [-0.05, 0) is 49.6 Å². The normalized spacial score (nSPS) is 18.2. The molecule has 0 spiro atoms. The standard InChI is InChI=1S/C31H39NO8/c1-5-7-11-16-39-26-15-14-23(17-21(26)3)29(34)25-19-32(31(36)40-20-22-12-9-8-10-13-22)28(30(35)38-6-2)24(25)18-27(33)37-4/h8-10,12-15,17,24-25,28H,5-7,11,16,18-20H2,1-4H3/t24-,25-,28-/m0/s1. The van der Waals surface area contributed by atoms with E-state index in [1.165, 1.54) is 12.0 Å². The minimum absolute atomic E-state index is 0.00901. The fourth-order valence-electron chi connectivity index (χ4n) is 4.95. The highest BCUT2D eigenvalue weighted by atomic mass is 16.6. The van der Waals surface area contributed by atoms with Gasteiger partial charge in [-0.3, -0.25) is 14.5 Å². The number of esters is 2. The summed E-state index contributed by atoms with van der Waals surface area (Å²) < 4.78 is 21.5. The molecule has 0 radical (unpaired) electrons. The first kappa shape index (κ1) is 30.7. The molecule has 9 nitrogen and oxygen atoms in total. The maximum Gasteiger partial charge on any atom is 0.410 e. The van der Waals surface area contributed by atoms with E-state index in [1.807, 2.05) is 37.3 Å². The number of nitrogens with zero attached hydrogens (tertiary/aromatic N) is 1. The SMILES string of the molecule is CCCCCOc1ccc(C(=O)[C@H]2CN(C(=O)OCc3ccccc3)[C@H](C(=O)OCC)[C@H]2CC(=O)OC)cc1C. The van der Waals surface area contributed by atoms with Crippen molar-refractivity contribution >= 4 is 23.8 Å². The average molecular weight is 554 g/mol. The van der Waals surface area contributed by atoms with Crippen LogP contribution >= 0.6 is 0 Å². The van der Waals surface area contributed by atoms with Crippen LogP contribution in [0.2, 0.25) is 0 Å². The van der Waals surface area contributed by atoms with Gasteiger partial charge in [0.15, 0.2) is 5.78 Å². The molecular weight excluding hydrogens is 514 g/mol. The highest BCUT2D eigenvalue weighted by Crippen LogP contribution is 2.37. The predicted octanol–water partition coefficient (Wildman–Crippen LogP) is 5.13. The number of Topliss-reactive ketones (excluding diaryl/α,β-unsaturated/α-hetero) is 1. The van der Waals surface area contributed by atoms with Gasteiger partial charge in [-0.25, -0.2) is 9.59 Å². The van der Waals surface area contributed by atoms with Crippen molar-refractivity contribution in [2.45, 2.75) is 59.1 Å². The lowest BCUT2D eigenvalue weighted by molar-refractivity contribution is -0.150. The number of ether oxygens (including phenoxy) is 4. The van der Waals surface area contributed by atoms with Crippen molar-refractivity contribution in [3.8, 4) is 5.75 Å². The van der Waals surface area contributed by atoms with Crippen LogP contribution in [0.25, 0.3) is 0 Å². The third kappa shape index (κ3) is 7.83. The van der Waals surface area contributed by atoms with Gasteiger partial charge in [-0.1, -0.05) is 50.1 Å². The van der Waals surface area contributed by atoms with Crippen LogP contribution < -0.4 is 4.74 Å². The number of carbonyl (C=O) groups is 4. The third-order valence-corrected chi connectivity index (χ3v) is 7.05. The number of aryl methyl sites for hydroxylation is 1. The molecule has 1 heterocycles. The van der Waals surface area contributed by atoms with Crippen molar-refractivity contribution < 1.29 is 38.1 Å². The van der Waals surface area contributed by atoms with Crippen molar-refractivity contribution in [3.05, 3.63) is 65.2 Å². The van der Waals surface area contributed by atoms with Gasteiger partial charge in [-0.15, -0.1) is 0 Å². The molecule has 216 valence electrons. The lowest BCUT2D eigenvalue weighted by Crippen LogP contribution is -2.45. The van der Waals surface area contributed by atoms with Crippen LogP contribution in [0.3, 0.4) is 0 Å². The van der Waals surface area contributed by atoms with Gasteiger partial charge in [0, 0.05) is 23.9 Å². The van der Waals surface area contributed by atoms with E-state index in [-0.39, 0.29) is 32.0 Å². The Hall–Kier alpha value is -3.88. The van der Waals surface area contributed by atoms with E-state index in [1.54, 1.807) is 25.1 Å². The number of unbranched alkanes of at least 4 members (excludes halogenated alkanes) is 2. The summed E-state index contributed by atoms with van der Waals surface area (Å²) in [6.45, 7) is 6.19. The number of benzene rings is 2. The number of likely N-dealkylation sites (tertiary alicyclic amines) is 1. The zero-order valence-electron chi connectivity index (χ0n) is 23.7. The summed E-state index contributed by atoms with van der Waals surface area (Å²) in [5, 5.41) is 0. The highest BCUT2D eigenvalue weighted by molar-refractivity contribution is 6.00. The second kappa shape index (κ2) is 15.1. The summed E-state index contributed by atoms with van der Waals surface area (Å²) in [5.74, 6) is -2.59. The summed E-state index contributed by atoms with van der Waals surface area (Å²) in [7, 11) is 1.24. The molecule has 1 fully saturated rings. The van der Waals surface area contributed by atoms with Gasteiger partial charge >= 0.3 is 18.0 Å². The summed E-state index contributed by atoms with van der Waals surface area (Å²) in [6, 6.07) is 13.1.